The zero-order chi connectivity index (χ0) is 11.1. The molecule has 15 heavy (non-hydrogen) atoms. The van der Waals surface area contributed by atoms with Gasteiger partial charge in [-0.3, -0.25) is 10.4 Å². The Labute approximate surface area is 96.4 Å². The predicted molar refractivity (Wildman–Crippen MR) is 68.0 cm³/mol. The van der Waals surface area contributed by atoms with Crippen molar-refractivity contribution in [1.29, 1.82) is 0 Å². The van der Waals surface area contributed by atoms with Gasteiger partial charge in [-0.05, 0) is 38.9 Å². The molecule has 5 heteroatoms. The van der Waals surface area contributed by atoms with Gasteiger partial charge in [0.1, 0.15) is 0 Å². The van der Waals surface area contributed by atoms with Crippen molar-refractivity contribution in [3.05, 3.63) is 0 Å². The van der Waals surface area contributed by atoms with Crippen LogP contribution in [0.15, 0.2) is 4.99 Å². The van der Waals surface area contributed by atoms with Crippen LogP contribution in [0.5, 0.6) is 0 Å². The summed E-state index contributed by atoms with van der Waals surface area (Å²) in [7, 11) is 0. The van der Waals surface area contributed by atoms with E-state index in [9.17, 15) is 0 Å². The van der Waals surface area contributed by atoms with E-state index in [0.717, 1.165) is 17.8 Å². The molecule has 0 aromatic heterocycles. The minimum absolute atomic E-state index is 0.537. The van der Waals surface area contributed by atoms with Gasteiger partial charge in [-0.25, -0.2) is 5.84 Å². The lowest BCUT2D eigenvalue weighted by atomic mass is 9.95. The molecule has 0 heterocycles. The number of hydrogen-bond donors (Lipinski definition) is 3. The number of rotatable bonds is 3. The van der Waals surface area contributed by atoms with Gasteiger partial charge in [0.2, 0.25) is 5.96 Å². The third-order valence-corrected chi connectivity index (χ3v) is 3.94. The van der Waals surface area contributed by atoms with Gasteiger partial charge >= 0.3 is 0 Å². The van der Waals surface area contributed by atoms with Crippen LogP contribution in [0.1, 0.15) is 32.6 Å². The van der Waals surface area contributed by atoms with Crippen molar-refractivity contribution in [3.8, 4) is 0 Å². The fraction of sp³-hybridized carbons (Fsp3) is 0.900. The molecule has 88 valence electrons. The number of hydrazine groups is 1. The Morgan fingerprint density at radius 2 is 2.07 bits per heavy atom. The van der Waals surface area contributed by atoms with E-state index in [0.29, 0.717) is 6.04 Å². The van der Waals surface area contributed by atoms with E-state index in [1.807, 2.05) is 18.7 Å². The molecule has 1 aliphatic rings. The lowest BCUT2D eigenvalue weighted by Gasteiger charge is -2.28. The molecule has 4 nitrogen and oxygen atoms in total. The zero-order valence-corrected chi connectivity index (χ0v) is 10.4. The molecule has 0 atom stereocenters. The van der Waals surface area contributed by atoms with E-state index < -0.39 is 0 Å². The number of nitrogens with one attached hydrogen (secondary N) is 2. The summed E-state index contributed by atoms with van der Waals surface area (Å²) in [5, 5.41) is 4.20. The van der Waals surface area contributed by atoms with E-state index in [-0.39, 0.29) is 0 Å². The summed E-state index contributed by atoms with van der Waals surface area (Å²) in [6, 6.07) is 0.537. The topological polar surface area (TPSA) is 62.4 Å². The number of guanidine groups is 1. The number of nitrogens with two attached hydrogens (primary N) is 1. The van der Waals surface area contributed by atoms with Gasteiger partial charge in [-0.15, -0.1) is 0 Å². The number of aliphatic imine (C=N–C) groups is 1. The van der Waals surface area contributed by atoms with Crippen molar-refractivity contribution >= 4 is 17.7 Å². The molecule has 0 radical (unpaired) electrons. The summed E-state index contributed by atoms with van der Waals surface area (Å²) in [6.45, 7) is 2.76. The highest BCUT2D eigenvalue weighted by atomic mass is 32.2. The third-order valence-electron chi connectivity index (χ3n) is 2.80. The minimum atomic E-state index is 0.537. The largest absolute Gasteiger partial charge is 0.353 e. The van der Waals surface area contributed by atoms with Crippen molar-refractivity contribution < 1.29 is 0 Å². The van der Waals surface area contributed by atoms with E-state index in [2.05, 4.69) is 22.0 Å². The highest BCUT2D eigenvalue weighted by Gasteiger charge is 2.20. The quantitative estimate of drug-likeness (QED) is 0.294. The lowest BCUT2D eigenvalue weighted by Crippen LogP contribution is -2.47. The molecule has 0 amide bonds. The van der Waals surface area contributed by atoms with Crippen molar-refractivity contribution in [2.75, 3.05) is 12.8 Å². The van der Waals surface area contributed by atoms with Crippen LogP contribution >= 0.6 is 11.8 Å². The molecule has 0 aromatic carbocycles. The van der Waals surface area contributed by atoms with E-state index >= 15 is 0 Å². The van der Waals surface area contributed by atoms with Crippen molar-refractivity contribution in [3.63, 3.8) is 0 Å². The number of nitrogens with zero attached hydrogens (tertiary/aromatic N) is 1. The Kier molecular flexibility index (Phi) is 5.86. The Hall–Kier alpha value is -0.420. The molecule has 0 aromatic rings. The first kappa shape index (κ1) is 12.6. The van der Waals surface area contributed by atoms with E-state index in [1.165, 1.54) is 25.7 Å². The molecule has 1 aliphatic carbocycles. The molecule has 1 fully saturated rings. The maximum Gasteiger partial charge on any atom is 0.205 e. The predicted octanol–water partition coefficient (Wildman–Crippen LogP) is 1.09. The maximum absolute atomic E-state index is 5.38. The van der Waals surface area contributed by atoms with Gasteiger partial charge in [-0.1, -0.05) is 0 Å². The van der Waals surface area contributed by atoms with Crippen LogP contribution < -0.4 is 16.6 Å². The average molecular weight is 230 g/mol. The SMILES string of the molecule is CCN=C(NN)NC1CCC(SC)CC1. The van der Waals surface area contributed by atoms with Crippen LogP contribution in [0.4, 0.5) is 0 Å². The second-order valence-corrected chi connectivity index (χ2v) is 4.96. The second kappa shape index (κ2) is 6.95. The summed E-state index contributed by atoms with van der Waals surface area (Å²) in [5.41, 5.74) is 2.61. The summed E-state index contributed by atoms with van der Waals surface area (Å²) >= 11 is 1.98. The Bertz CT molecular complexity index is 200. The Morgan fingerprint density at radius 3 is 2.53 bits per heavy atom. The zero-order valence-electron chi connectivity index (χ0n) is 9.62. The molecule has 1 rings (SSSR count). The molecule has 4 N–H and O–H groups in total. The van der Waals surface area contributed by atoms with E-state index in [1.54, 1.807) is 0 Å². The first-order valence-electron chi connectivity index (χ1n) is 5.60. The molecule has 0 spiro atoms. The van der Waals surface area contributed by atoms with Crippen LogP contribution in [0, 0.1) is 0 Å². The van der Waals surface area contributed by atoms with Crippen LogP contribution in [-0.4, -0.2) is 30.1 Å². The van der Waals surface area contributed by atoms with Crippen LogP contribution in [0.3, 0.4) is 0 Å². The summed E-state index contributed by atoms with van der Waals surface area (Å²) < 4.78 is 0. The van der Waals surface area contributed by atoms with Crippen molar-refractivity contribution in [1.82, 2.24) is 10.7 Å². The van der Waals surface area contributed by atoms with Gasteiger partial charge in [0.25, 0.3) is 0 Å². The highest BCUT2D eigenvalue weighted by molar-refractivity contribution is 7.99. The Morgan fingerprint density at radius 1 is 1.40 bits per heavy atom. The lowest BCUT2D eigenvalue weighted by molar-refractivity contribution is 0.418. The molecule has 0 aliphatic heterocycles. The number of thioether (sulfide) groups is 1. The molecular weight excluding hydrogens is 208 g/mol. The fourth-order valence-electron chi connectivity index (χ4n) is 1.93. The minimum Gasteiger partial charge on any atom is -0.353 e. The summed E-state index contributed by atoms with van der Waals surface area (Å²) in [4.78, 5) is 4.24. The summed E-state index contributed by atoms with van der Waals surface area (Å²) in [6.07, 6.45) is 7.22. The fourth-order valence-corrected chi connectivity index (χ4v) is 2.67. The van der Waals surface area contributed by atoms with Gasteiger partial charge in [0.05, 0.1) is 0 Å². The number of hydrogen-bond acceptors (Lipinski definition) is 3. The summed E-state index contributed by atoms with van der Waals surface area (Å²) in [5.74, 6) is 6.11. The van der Waals surface area contributed by atoms with Crippen LogP contribution in [-0.2, 0) is 0 Å². The smallest absolute Gasteiger partial charge is 0.205 e. The molecule has 0 unspecified atom stereocenters. The first-order valence-corrected chi connectivity index (χ1v) is 6.89. The maximum atomic E-state index is 5.38. The van der Waals surface area contributed by atoms with Gasteiger partial charge in [0.15, 0.2) is 0 Å². The van der Waals surface area contributed by atoms with Crippen LogP contribution in [0.25, 0.3) is 0 Å². The first-order chi connectivity index (χ1) is 7.30. The van der Waals surface area contributed by atoms with Gasteiger partial charge in [-0.2, -0.15) is 11.8 Å². The highest BCUT2D eigenvalue weighted by Crippen LogP contribution is 2.26. The van der Waals surface area contributed by atoms with Crippen LogP contribution in [0.2, 0.25) is 0 Å². The Balaban J connectivity index is 2.31. The van der Waals surface area contributed by atoms with Gasteiger partial charge in [0, 0.05) is 17.8 Å². The molecular formula is C10H22N4S. The van der Waals surface area contributed by atoms with Crippen molar-refractivity contribution in [2.45, 2.75) is 43.9 Å². The normalized spacial score (nSPS) is 27.5. The van der Waals surface area contributed by atoms with Gasteiger partial charge < -0.3 is 5.32 Å². The molecule has 1 saturated carbocycles. The average Bonchev–Trinajstić information content (AvgIpc) is 2.29. The monoisotopic (exact) mass is 230 g/mol. The molecule has 0 bridgehead atoms. The second-order valence-electron chi connectivity index (χ2n) is 3.82. The van der Waals surface area contributed by atoms with E-state index in [4.69, 9.17) is 5.84 Å². The standard InChI is InChI=1S/C10H22N4S/c1-3-12-10(14-11)13-8-4-6-9(15-2)7-5-8/h8-9H,3-7,11H2,1-2H3,(H2,12,13,14). The van der Waals surface area contributed by atoms with Crippen molar-refractivity contribution in [2.24, 2.45) is 10.8 Å². The molecule has 0 saturated heterocycles. The third kappa shape index (κ3) is 4.30.